The first-order valence-corrected chi connectivity index (χ1v) is 15.4. The highest BCUT2D eigenvalue weighted by Crippen LogP contribution is 2.35. The zero-order valence-corrected chi connectivity index (χ0v) is 23.7. The molecule has 1 aliphatic carbocycles. The summed E-state index contributed by atoms with van der Waals surface area (Å²) in [6.07, 6.45) is 3.46. The molecule has 184 valence electrons. The number of hydrogen-bond donors (Lipinski definition) is 0. The van der Waals surface area contributed by atoms with E-state index in [1.54, 1.807) is 0 Å². The third-order valence-electron chi connectivity index (χ3n) is 5.99. The highest BCUT2D eigenvalue weighted by molar-refractivity contribution is 7.80. The molecule has 0 amide bonds. The summed E-state index contributed by atoms with van der Waals surface area (Å²) >= 11 is -0.0179. The first-order valence-electron chi connectivity index (χ1n) is 11.9. The van der Waals surface area contributed by atoms with E-state index in [-0.39, 0.29) is 27.1 Å². The molecule has 1 saturated carbocycles. The fourth-order valence-electron chi connectivity index (χ4n) is 4.25. The number of rotatable bonds is 7. The maximum absolute atomic E-state index is 10.6. The predicted molar refractivity (Wildman–Crippen MR) is 129 cm³/mol. The molecule has 3 atom stereocenters. The van der Waals surface area contributed by atoms with Crippen LogP contribution in [0.15, 0.2) is 48.5 Å². The Balaban J connectivity index is 0.000000238. The van der Waals surface area contributed by atoms with Crippen LogP contribution in [0.25, 0.3) is 0 Å². The molecule has 0 bridgehead atoms. The van der Waals surface area contributed by atoms with Crippen molar-refractivity contribution < 1.29 is 38.4 Å². The summed E-state index contributed by atoms with van der Waals surface area (Å²) < 4.78 is 39.4. The van der Waals surface area contributed by atoms with Gasteiger partial charge in [0.25, 0.3) is 0 Å². The zero-order valence-electron chi connectivity index (χ0n) is 20.8. The second kappa shape index (κ2) is 13.2. The van der Waals surface area contributed by atoms with Crippen molar-refractivity contribution in [3.8, 4) is 0 Å². The van der Waals surface area contributed by atoms with Crippen molar-refractivity contribution in [2.45, 2.75) is 73.3 Å². The Labute approximate surface area is 211 Å². The van der Waals surface area contributed by atoms with Gasteiger partial charge < -0.3 is 4.55 Å². The molecule has 6 heteroatoms. The molecule has 0 N–H and O–H groups in total. The van der Waals surface area contributed by atoms with E-state index in [0.29, 0.717) is 18.3 Å². The molecule has 1 fully saturated rings. The molecule has 0 heterocycles. The van der Waals surface area contributed by atoms with E-state index in [1.807, 2.05) is 13.8 Å². The van der Waals surface area contributed by atoms with E-state index in [0.717, 1.165) is 18.8 Å². The molecule has 0 aliphatic heterocycles. The van der Waals surface area contributed by atoms with E-state index in [1.165, 1.54) is 24.7 Å². The average Bonchev–Trinajstić information content (AvgIpc) is 2.70. The van der Waals surface area contributed by atoms with E-state index < -0.39 is 16.5 Å². The minimum Gasteiger partial charge on any atom is -0.726 e. The van der Waals surface area contributed by atoms with E-state index >= 15 is 0 Å². The van der Waals surface area contributed by atoms with Crippen LogP contribution in [0.5, 0.6) is 0 Å². The van der Waals surface area contributed by atoms with E-state index in [9.17, 15) is 13.0 Å². The van der Waals surface area contributed by atoms with Crippen LogP contribution < -0.4 is 21.2 Å². The van der Waals surface area contributed by atoms with Gasteiger partial charge in [0, 0.05) is 0 Å². The summed E-state index contributed by atoms with van der Waals surface area (Å²) in [4.78, 5) is 0. The zero-order chi connectivity index (χ0) is 24.6. The Morgan fingerprint density at radius 3 is 2.00 bits per heavy atom. The molecule has 2 aromatic rings. The van der Waals surface area contributed by atoms with Gasteiger partial charge in [0.2, 0.25) is 10.4 Å². The van der Waals surface area contributed by atoms with Crippen LogP contribution in [-0.2, 0) is 21.0 Å². The molecule has 3 unspecified atom stereocenters. The van der Waals surface area contributed by atoms with Gasteiger partial charge in [-0.1, -0.05) is 70.9 Å². The molecule has 3 rings (SSSR count). The monoisotopic (exact) mass is 586 g/mol. The Morgan fingerprint density at radius 1 is 0.970 bits per heavy atom. The standard InChI is InChI=1S/C17H20I.C10H20O4S/c1-13(2)12-15-6-10-17(11-7-15)18-16-8-4-14(3)5-9-16;1-7(2)9-5-4-8(3)6-10(9)14-15(11,12)13/h4-11,13H,12H2,1-3H3;7-10H,4-6H2,1-3H3,(H,11,12,13)/q+1;/p-1. The summed E-state index contributed by atoms with van der Waals surface area (Å²) in [5.41, 5.74) is 2.80. The van der Waals surface area contributed by atoms with Crippen LogP contribution >= 0.6 is 0 Å². The van der Waals surface area contributed by atoms with E-state index in [2.05, 4.69) is 80.4 Å². The van der Waals surface area contributed by atoms with Gasteiger partial charge in [-0.3, -0.25) is 4.18 Å². The average molecular weight is 587 g/mol. The topological polar surface area (TPSA) is 66.4 Å². The Hall–Kier alpha value is -0.960. The van der Waals surface area contributed by atoms with Gasteiger partial charge in [0.1, 0.15) is 0 Å². The number of halogens is 1. The highest BCUT2D eigenvalue weighted by Gasteiger charge is 2.32. The van der Waals surface area contributed by atoms with Crippen molar-refractivity contribution in [1.82, 2.24) is 0 Å². The maximum Gasteiger partial charge on any atom is 0.357 e. The lowest BCUT2D eigenvalue weighted by molar-refractivity contribution is -0.597. The summed E-state index contributed by atoms with van der Waals surface area (Å²) in [6.45, 7) is 12.8. The lowest BCUT2D eigenvalue weighted by Gasteiger charge is -2.37. The smallest absolute Gasteiger partial charge is 0.357 e. The van der Waals surface area contributed by atoms with Crippen molar-refractivity contribution in [3.05, 3.63) is 66.8 Å². The second-order valence-corrected chi connectivity index (χ2v) is 14.0. The van der Waals surface area contributed by atoms with Gasteiger partial charge >= 0.3 is 21.2 Å². The molecule has 0 spiro atoms. The molecule has 0 radical (unpaired) electrons. The first-order chi connectivity index (χ1) is 15.4. The normalized spacial score (nSPS) is 21.1. The predicted octanol–water partition coefficient (Wildman–Crippen LogP) is 3.25. The molecule has 2 aromatic carbocycles. The molecular weight excluding hydrogens is 547 g/mol. The van der Waals surface area contributed by atoms with Crippen LogP contribution in [0.2, 0.25) is 0 Å². The van der Waals surface area contributed by atoms with Crippen molar-refractivity contribution in [3.63, 3.8) is 0 Å². The van der Waals surface area contributed by atoms with Crippen molar-refractivity contribution in [2.24, 2.45) is 23.7 Å². The van der Waals surface area contributed by atoms with Crippen LogP contribution in [0, 0.1) is 37.7 Å². The van der Waals surface area contributed by atoms with Crippen LogP contribution in [0.3, 0.4) is 0 Å². The molecule has 1 aliphatic rings. The van der Waals surface area contributed by atoms with Crippen LogP contribution in [0.4, 0.5) is 0 Å². The van der Waals surface area contributed by atoms with E-state index in [4.69, 9.17) is 0 Å². The van der Waals surface area contributed by atoms with Crippen molar-refractivity contribution in [1.29, 1.82) is 0 Å². The molecule has 0 aromatic heterocycles. The van der Waals surface area contributed by atoms with Crippen molar-refractivity contribution in [2.75, 3.05) is 0 Å². The lowest BCUT2D eigenvalue weighted by atomic mass is 9.75. The largest absolute Gasteiger partial charge is 0.726 e. The number of hydrogen-bond acceptors (Lipinski definition) is 4. The molecule has 33 heavy (non-hydrogen) atoms. The summed E-state index contributed by atoms with van der Waals surface area (Å²) in [6, 6.07) is 18.2. The number of aryl methyl sites for hydroxylation is 1. The van der Waals surface area contributed by atoms with Crippen LogP contribution in [-0.4, -0.2) is 19.1 Å². The quantitative estimate of drug-likeness (QED) is 0.284. The Bertz CT molecular complexity index is 937. The first kappa shape index (κ1) is 28.3. The fraction of sp³-hybridized carbons (Fsp3) is 0.556. The summed E-state index contributed by atoms with van der Waals surface area (Å²) in [5.74, 6) is 1.71. The molecular formula is C27H39IO4S. The van der Waals surface area contributed by atoms with Crippen molar-refractivity contribution >= 4 is 10.4 Å². The lowest BCUT2D eigenvalue weighted by Crippen LogP contribution is -3.61. The highest BCUT2D eigenvalue weighted by atomic mass is 127. The SMILES string of the molecule is CC1CCC(C(C)C)C(OS(=O)(=O)[O-])C1.Cc1ccc([I+]c2ccc(CC(C)C)cc2)cc1. The van der Waals surface area contributed by atoms with Crippen LogP contribution in [0.1, 0.15) is 65.0 Å². The minimum atomic E-state index is -4.56. The summed E-state index contributed by atoms with van der Waals surface area (Å²) in [5, 5.41) is 0. The maximum atomic E-state index is 10.6. The van der Waals surface area contributed by atoms with Gasteiger partial charge in [-0.05, 0) is 79.7 Å². The Morgan fingerprint density at radius 2 is 1.52 bits per heavy atom. The van der Waals surface area contributed by atoms with Gasteiger partial charge in [-0.25, -0.2) is 8.42 Å². The third kappa shape index (κ3) is 10.9. The summed E-state index contributed by atoms with van der Waals surface area (Å²) in [7, 11) is -4.56. The van der Waals surface area contributed by atoms with Gasteiger partial charge in [0.05, 0.1) is 6.10 Å². The minimum absolute atomic E-state index is 0.0179. The molecule has 4 nitrogen and oxygen atoms in total. The van der Waals surface area contributed by atoms with Gasteiger partial charge in [-0.2, -0.15) is 0 Å². The van der Waals surface area contributed by atoms with Gasteiger partial charge in [-0.15, -0.1) is 0 Å². The molecule has 0 saturated heterocycles. The number of benzene rings is 2. The van der Waals surface area contributed by atoms with Gasteiger partial charge in [0.15, 0.2) is 7.14 Å². The Kier molecular flexibility index (Phi) is 11.3. The fourth-order valence-corrected chi connectivity index (χ4v) is 6.94. The third-order valence-corrected chi connectivity index (χ3v) is 9.16. The second-order valence-electron chi connectivity index (χ2n) is 9.98.